The van der Waals surface area contributed by atoms with Gasteiger partial charge in [0.2, 0.25) is 5.91 Å². The van der Waals surface area contributed by atoms with Crippen molar-refractivity contribution in [3.63, 3.8) is 0 Å². The highest BCUT2D eigenvalue weighted by Gasteiger charge is 2.43. The Morgan fingerprint density at radius 2 is 1.80 bits per heavy atom. The molecule has 1 heterocycles. The van der Waals surface area contributed by atoms with E-state index in [2.05, 4.69) is 38.2 Å². The van der Waals surface area contributed by atoms with Gasteiger partial charge in [-0.25, -0.2) is 0 Å². The molecule has 1 N–H and O–H groups in total. The first-order valence-corrected chi connectivity index (χ1v) is 7.94. The Labute approximate surface area is 123 Å². The van der Waals surface area contributed by atoms with E-state index in [0.717, 1.165) is 19.5 Å². The standard InChI is InChI=1S/C16H31N3O/c1-15(2)8-7-11-17-13(15)14(20)19(5)12-16(18(3)4)9-6-10-16/h13,17H,6-12H2,1-5H3. The lowest BCUT2D eigenvalue weighted by atomic mass is 9.74. The summed E-state index contributed by atoms with van der Waals surface area (Å²) in [4.78, 5) is 17.1. The highest BCUT2D eigenvalue weighted by Crippen LogP contribution is 2.37. The van der Waals surface area contributed by atoms with Gasteiger partial charge in [-0.2, -0.15) is 0 Å². The Bertz CT molecular complexity index is 361. The van der Waals surface area contributed by atoms with Gasteiger partial charge < -0.3 is 15.1 Å². The number of nitrogens with zero attached hydrogens (tertiary/aromatic N) is 2. The zero-order valence-corrected chi connectivity index (χ0v) is 13.8. The molecule has 0 bridgehead atoms. The van der Waals surface area contributed by atoms with Gasteiger partial charge in [0, 0.05) is 19.1 Å². The molecule has 2 aliphatic rings. The minimum atomic E-state index is -0.0273. The monoisotopic (exact) mass is 281 g/mol. The average molecular weight is 281 g/mol. The predicted octanol–water partition coefficient (Wildman–Crippen LogP) is 1.71. The van der Waals surface area contributed by atoms with E-state index < -0.39 is 0 Å². The van der Waals surface area contributed by atoms with Crippen molar-refractivity contribution in [3.05, 3.63) is 0 Å². The molecule has 116 valence electrons. The molecule has 1 saturated heterocycles. The third-order valence-corrected chi connectivity index (χ3v) is 5.52. The molecule has 1 atom stereocenters. The minimum Gasteiger partial charge on any atom is -0.343 e. The van der Waals surface area contributed by atoms with E-state index in [9.17, 15) is 4.79 Å². The van der Waals surface area contributed by atoms with Gasteiger partial charge in [-0.3, -0.25) is 4.79 Å². The van der Waals surface area contributed by atoms with Gasteiger partial charge in [0.25, 0.3) is 0 Å². The highest BCUT2D eigenvalue weighted by molar-refractivity contribution is 5.82. The lowest BCUT2D eigenvalue weighted by Crippen LogP contribution is -2.61. The first-order valence-electron chi connectivity index (χ1n) is 7.94. The van der Waals surface area contributed by atoms with Gasteiger partial charge in [0.15, 0.2) is 0 Å². The van der Waals surface area contributed by atoms with Gasteiger partial charge in [-0.15, -0.1) is 0 Å². The van der Waals surface area contributed by atoms with Crippen LogP contribution in [0.25, 0.3) is 0 Å². The second kappa shape index (κ2) is 5.64. The van der Waals surface area contributed by atoms with Gasteiger partial charge in [0.05, 0.1) is 6.04 Å². The smallest absolute Gasteiger partial charge is 0.240 e. The zero-order chi connectivity index (χ0) is 15.0. The van der Waals surface area contributed by atoms with Crippen molar-refractivity contribution in [2.45, 2.75) is 57.5 Å². The van der Waals surface area contributed by atoms with Crippen LogP contribution < -0.4 is 5.32 Å². The number of hydrogen-bond donors (Lipinski definition) is 1. The molecular weight excluding hydrogens is 250 g/mol. The molecule has 1 aliphatic heterocycles. The lowest BCUT2D eigenvalue weighted by Gasteiger charge is -2.50. The van der Waals surface area contributed by atoms with Crippen molar-refractivity contribution in [1.82, 2.24) is 15.1 Å². The van der Waals surface area contributed by atoms with Gasteiger partial charge >= 0.3 is 0 Å². The molecular formula is C16H31N3O. The van der Waals surface area contributed by atoms with Crippen molar-refractivity contribution in [2.75, 3.05) is 34.2 Å². The summed E-state index contributed by atoms with van der Waals surface area (Å²) in [5.74, 6) is 0.267. The highest BCUT2D eigenvalue weighted by atomic mass is 16.2. The van der Waals surface area contributed by atoms with Crippen LogP contribution in [0.5, 0.6) is 0 Å². The molecule has 0 aromatic rings. The molecule has 1 saturated carbocycles. The maximum Gasteiger partial charge on any atom is 0.240 e. The molecule has 0 spiro atoms. The molecule has 0 aromatic heterocycles. The summed E-state index contributed by atoms with van der Waals surface area (Å²) in [6.45, 7) is 6.24. The van der Waals surface area contributed by atoms with Gasteiger partial charge in [0.1, 0.15) is 0 Å². The lowest BCUT2D eigenvalue weighted by molar-refractivity contribution is -0.138. The quantitative estimate of drug-likeness (QED) is 0.852. The molecule has 2 fully saturated rings. The fraction of sp³-hybridized carbons (Fsp3) is 0.938. The van der Waals surface area contributed by atoms with Crippen molar-refractivity contribution in [2.24, 2.45) is 5.41 Å². The topological polar surface area (TPSA) is 35.6 Å². The predicted molar refractivity (Wildman–Crippen MR) is 82.7 cm³/mol. The molecule has 1 aliphatic carbocycles. The summed E-state index contributed by atoms with van der Waals surface area (Å²) in [5.41, 5.74) is 0.276. The average Bonchev–Trinajstić information content (AvgIpc) is 2.31. The van der Waals surface area contributed by atoms with Crippen LogP contribution in [0, 0.1) is 5.41 Å². The van der Waals surface area contributed by atoms with Crippen molar-refractivity contribution < 1.29 is 4.79 Å². The van der Waals surface area contributed by atoms with Crippen molar-refractivity contribution in [1.29, 1.82) is 0 Å². The second-order valence-electron chi connectivity index (χ2n) is 7.65. The third kappa shape index (κ3) is 2.86. The molecule has 4 heteroatoms. The van der Waals surface area contributed by atoms with Crippen LogP contribution in [0.1, 0.15) is 46.0 Å². The van der Waals surface area contributed by atoms with E-state index in [4.69, 9.17) is 0 Å². The first kappa shape index (κ1) is 15.8. The number of carbonyl (C=O) groups excluding carboxylic acids is 1. The summed E-state index contributed by atoms with van der Waals surface area (Å²) in [6, 6.07) is -0.0273. The summed E-state index contributed by atoms with van der Waals surface area (Å²) in [6.07, 6.45) is 6.00. The number of nitrogens with one attached hydrogen (secondary N) is 1. The number of piperidine rings is 1. The maximum atomic E-state index is 12.8. The molecule has 1 unspecified atom stereocenters. The van der Waals surface area contributed by atoms with Gasteiger partial charge in [-0.05, 0) is 58.2 Å². The fourth-order valence-electron chi connectivity index (χ4n) is 3.70. The normalized spacial score (nSPS) is 28.0. The Morgan fingerprint density at radius 1 is 1.15 bits per heavy atom. The third-order valence-electron chi connectivity index (χ3n) is 5.52. The molecule has 20 heavy (non-hydrogen) atoms. The van der Waals surface area contributed by atoms with Crippen LogP contribution in [-0.4, -0.2) is 61.5 Å². The Morgan fingerprint density at radius 3 is 2.25 bits per heavy atom. The summed E-state index contributed by atoms with van der Waals surface area (Å²) in [7, 11) is 6.25. The Kier molecular flexibility index (Phi) is 4.45. The van der Waals surface area contributed by atoms with Gasteiger partial charge in [-0.1, -0.05) is 13.8 Å². The maximum absolute atomic E-state index is 12.8. The van der Waals surface area contributed by atoms with Crippen LogP contribution in [0.3, 0.4) is 0 Å². The number of carbonyl (C=O) groups is 1. The first-order chi connectivity index (χ1) is 9.28. The SMILES string of the molecule is CN(CC1(N(C)C)CCC1)C(=O)C1NCCCC1(C)C. The molecule has 2 rings (SSSR count). The van der Waals surface area contributed by atoms with E-state index in [1.807, 2.05) is 11.9 Å². The van der Waals surface area contributed by atoms with Crippen LogP contribution >= 0.6 is 0 Å². The number of likely N-dealkylation sites (N-methyl/N-ethyl adjacent to an activating group) is 2. The van der Waals surface area contributed by atoms with Crippen LogP contribution in [-0.2, 0) is 4.79 Å². The summed E-state index contributed by atoms with van der Waals surface area (Å²) >= 11 is 0. The van der Waals surface area contributed by atoms with E-state index in [1.54, 1.807) is 0 Å². The van der Waals surface area contributed by atoms with E-state index >= 15 is 0 Å². The summed E-state index contributed by atoms with van der Waals surface area (Å²) < 4.78 is 0. The van der Waals surface area contributed by atoms with Crippen LogP contribution in [0.2, 0.25) is 0 Å². The second-order valence-corrected chi connectivity index (χ2v) is 7.65. The molecule has 0 radical (unpaired) electrons. The summed E-state index contributed by atoms with van der Waals surface area (Å²) in [5, 5.41) is 3.44. The van der Waals surface area contributed by atoms with Crippen molar-refractivity contribution in [3.8, 4) is 0 Å². The molecule has 0 aromatic carbocycles. The Hall–Kier alpha value is -0.610. The van der Waals surface area contributed by atoms with E-state index in [0.29, 0.717) is 0 Å². The zero-order valence-electron chi connectivity index (χ0n) is 13.8. The van der Waals surface area contributed by atoms with Crippen LogP contribution in [0.4, 0.5) is 0 Å². The number of hydrogen-bond acceptors (Lipinski definition) is 3. The van der Waals surface area contributed by atoms with Crippen LogP contribution in [0.15, 0.2) is 0 Å². The van der Waals surface area contributed by atoms with E-state index in [-0.39, 0.29) is 22.9 Å². The van der Waals surface area contributed by atoms with E-state index in [1.165, 1.54) is 25.7 Å². The fourth-order valence-corrected chi connectivity index (χ4v) is 3.70. The van der Waals surface area contributed by atoms with Crippen molar-refractivity contribution >= 4 is 5.91 Å². The molecule has 1 amide bonds. The number of amides is 1. The number of rotatable bonds is 4. The molecule has 4 nitrogen and oxygen atoms in total. The largest absolute Gasteiger partial charge is 0.343 e. The Balaban J connectivity index is 2.01. The minimum absolute atomic E-state index is 0.0273.